The van der Waals surface area contributed by atoms with Crippen LogP contribution in [0.2, 0.25) is 0 Å². The van der Waals surface area contributed by atoms with Gasteiger partial charge in [-0.2, -0.15) is 0 Å². The Labute approximate surface area is 145 Å². The lowest BCUT2D eigenvalue weighted by molar-refractivity contribution is -0.122. The Kier molecular flexibility index (Phi) is 5.31. The van der Waals surface area contributed by atoms with E-state index in [0.717, 1.165) is 11.1 Å². The number of amides is 1. The van der Waals surface area contributed by atoms with Crippen molar-refractivity contribution in [1.29, 1.82) is 0 Å². The largest absolute Gasteiger partial charge is 0.489 e. The second kappa shape index (κ2) is 7.63. The zero-order chi connectivity index (χ0) is 17.8. The molecular formula is C19H21FN2O3. The normalized spacial score (nSPS) is 20.6. The predicted octanol–water partition coefficient (Wildman–Crippen LogP) is 1.83. The molecule has 2 aromatic rings. The van der Waals surface area contributed by atoms with Gasteiger partial charge in [-0.1, -0.05) is 24.3 Å². The maximum absolute atomic E-state index is 13.1. The summed E-state index contributed by atoms with van der Waals surface area (Å²) in [5.41, 5.74) is 7.16. The zero-order valence-corrected chi connectivity index (χ0v) is 13.8. The molecule has 1 heterocycles. The minimum Gasteiger partial charge on any atom is -0.489 e. The maximum atomic E-state index is 13.1. The fourth-order valence-electron chi connectivity index (χ4n) is 3.07. The summed E-state index contributed by atoms with van der Waals surface area (Å²) in [6.45, 7) is 1.26. The van der Waals surface area contributed by atoms with Crippen molar-refractivity contribution in [3.8, 4) is 5.75 Å². The van der Waals surface area contributed by atoms with Crippen LogP contribution in [0.5, 0.6) is 5.75 Å². The third-order valence-corrected chi connectivity index (χ3v) is 4.31. The van der Waals surface area contributed by atoms with Crippen LogP contribution in [0, 0.1) is 5.82 Å². The van der Waals surface area contributed by atoms with Gasteiger partial charge in [0.15, 0.2) is 0 Å². The third kappa shape index (κ3) is 4.55. The average Bonchev–Trinajstić information content (AvgIpc) is 2.95. The summed E-state index contributed by atoms with van der Waals surface area (Å²) in [5, 5.41) is 9.74. The smallest absolute Gasteiger partial charge is 0.234 e. The number of carbonyl (C=O) groups is 1. The Balaban J connectivity index is 1.58. The number of ether oxygens (including phenoxy) is 1. The number of aliphatic hydroxyl groups is 1. The number of rotatable bonds is 6. The van der Waals surface area contributed by atoms with Gasteiger partial charge in [0.05, 0.1) is 12.1 Å². The van der Waals surface area contributed by atoms with E-state index < -0.39 is 18.1 Å². The van der Waals surface area contributed by atoms with Crippen LogP contribution >= 0.6 is 0 Å². The summed E-state index contributed by atoms with van der Waals surface area (Å²) in [4.78, 5) is 13.4. The summed E-state index contributed by atoms with van der Waals surface area (Å²) in [6.07, 6.45) is -0.143. The van der Waals surface area contributed by atoms with Gasteiger partial charge in [-0.3, -0.25) is 9.69 Å². The van der Waals surface area contributed by atoms with Crippen molar-refractivity contribution >= 4 is 5.91 Å². The first kappa shape index (κ1) is 17.4. The van der Waals surface area contributed by atoms with Gasteiger partial charge in [-0.05, 0) is 41.8 Å². The summed E-state index contributed by atoms with van der Waals surface area (Å²) in [5.74, 6) is -0.0132. The van der Waals surface area contributed by atoms with Crippen LogP contribution < -0.4 is 10.5 Å². The molecule has 0 spiro atoms. The van der Waals surface area contributed by atoms with Gasteiger partial charge >= 0.3 is 0 Å². The standard InChI is InChI=1S/C19H21FN2O3/c20-15-3-1-2-14(8-15)12-25-17-6-4-13(5-7-17)10-22-11-16(23)9-18(22)19(21)24/h1-8,16,18,23H,9-12H2,(H2,21,24)/t16-,18+/m1/s1. The molecule has 0 saturated carbocycles. The molecule has 0 aliphatic carbocycles. The minimum atomic E-state index is -0.522. The molecule has 2 atom stereocenters. The maximum Gasteiger partial charge on any atom is 0.234 e. The molecule has 0 aromatic heterocycles. The van der Waals surface area contributed by atoms with E-state index in [9.17, 15) is 14.3 Å². The lowest BCUT2D eigenvalue weighted by atomic mass is 10.1. The number of hydrogen-bond acceptors (Lipinski definition) is 4. The number of nitrogens with two attached hydrogens (primary N) is 1. The van der Waals surface area contributed by atoms with E-state index in [1.54, 1.807) is 12.1 Å². The first-order valence-electron chi connectivity index (χ1n) is 8.19. The zero-order valence-electron chi connectivity index (χ0n) is 13.8. The second-order valence-electron chi connectivity index (χ2n) is 6.30. The highest BCUT2D eigenvalue weighted by molar-refractivity contribution is 5.80. The van der Waals surface area contributed by atoms with Crippen molar-refractivity contribution in [3.63, 3.8) is 0 Å². The number of halogens is 1. The van der Waals surface area contributed by atoms with E-state index in [1.807, 2.05) is 29.2 Å². The van der Waals surface area contributed by atoms with Crippen molar-refractivity contribution in [2.24, 2.45) is 5.73 Å². The lowest BCUT2D eigenvalue weighted by Gasteiger charge is -2.21. The fraction of sp³-hybridized carbons (Fsp3) is 0.316. The first-order valence-corrected chi connectivity index (χ1v) is 8.19. The van der Waals surface area contributed by atoms with Gasteiger partial charge in [0.25, 0.3) is 0 Å². The van der Waals surface area contributed by atoms with Crippen LogP contribution in [0.3, 0.4) is 0 Å². The molecule has 1 saturated heterocycles. The van der Waals surface area contributed by atoms with Gasteiger partial charge < -0.3 is 15.6 Å². The predicted molar refractivity (Wildman–Crippen MR) is 91.2 cm³/mol. The monoisotopic (exact) mass is 344 g/mol. The van der Waals surface area contributed by atoms with Crippen molar-refractivity contribution in [2.45, 2.75) is 31.7 Å². The Morgan fingerprint density at radius 1 is 1.24 bits per heavy atom. The molecule has 3 rings (SSSR count). The molecule has 0 bridgehead atoms. The minimum absolute atomic E-state index is 0.284. The molecule has 1 aliphatic heterocycles. The quantitative estimate of drug-likeness (QED) is 0.838. The topological polar surface area (TPSA) is 75.8 Å². The molecule has 2 aromatic carbocycles. The third-order valence-electron chi connectivity index (χ3n) is 4.31. The van der Waals surface area contributed by atoms with E-state index >= 15 is 0 Å². The van der Waals surface area contributed by atoms with E-state index in [2.05, 4.69) is 0 Å². The molecule has 6 heteroatoms. The van der Waals surface area contributed by atoms with Crippen LogP contribution in [0.25, 0.3) is 0 Å². The van der Waals surface area contributed by atoms with Crippen LogP contribution in [0.1, 0.15) is 17.5 Å². The number of aliphatic hydroxyl groups excluding tert-OH is 1. The number of hydrogen-bond donors (Lipinski definition) is 2. The van der Waals surface area contributed by atoms with E-state index in [4.69, 9.17) is 10.5 Å². The molecule has 1 amide bonds. The number of carbonyl (C=O) groups excluding carboxylic acids is 1. The van der Waals surface area contributed by atoms with Crippen LogP contribution in [0.4, 0.5) is 4.39 Å². The van der Waals surface area contributed by atoms with E-state index in [1.165, 1.54) is 12.1 Å². The molecule has 1 aliphatic rings. The van der Waals surface area contributed by atoms with Gasteiger partial charge in [0, 0.05) is 13.1 Å². The Hall–Kier alpha value is -2.44. The number of nitrogens with zero attached hydrogens (tertiary/aromatic N) is 1. The lowest BCUT2D eigenvalue weighted by Crippen LogP contribution is -2.39. The second-order valence-corrected chi connectivity index (χ2v) is 6.30. The Morgan fingerprint density at radius 2 is 2.00 bits per heavy atom. The highest BCUT2D eigenvalue weighted by Crippen LogP contribution is 2.22. The summed E-state index contributed by atoms with van der Waals surface area (Å²) < 4.78 is 18.8. The molecule has 0 unspecified atom stereocenters. The molecule has 3 N–H and O–H groups in total. The van der Waals surface area contributed by atoms with Gasteiger partial charge in [0.2, 0.25) is 5.91 Å². The first-order chi connectivity index (χ1) is 12.0. The highest BCUT2D eigenvalue weighted by atomic mass is 19.1. The SMILES string of the molecule is NC(=O)[C@@H]1C[C@@H](O)CN1Cc1ccc(OCc2cccc(F)c2)cc1. The van der Waals surface area contributed by atoms with Gasteiger partial charge in [0.1, 0.15) is 18.2 Å². The number of β-amino-alcohol motifs (C(OH)–C–C–N with tert-alkyl or cyclic N) is 1. The van der Waals surface area contributed by atoms with Crippen molar-refractivity contribution in [1.82, 2.24) is 4.90 Å². The summed E-state index contributed by atoms with van der Waals surface area (Å²) in [6, 6.07) is 13.3. The van der Waals surface area contributed by atoms with Gasteiger partial charge in [-0.15, -0.1) is 0 Å². The van der Waals surface area contributed by atoms with Crippen LogP contribution in [0.15, 0.2) is 48.5 Å². The average molecular weight is 344 g/mol. The molecule has 1 fully saturated rings. The van der Waals surface area contributed by atoms with E-state index in [-0.39, 0.29) is 5.82 Å². The number of benzene rings is 2. The van der Waals surface area contributed by atoms with Crippen LogP contribution in [-0.4, -0.2) is 34.6 Å². The van der Waals surface area contributed by atoms with Gasteiger partial charge in [-0.25, -0.2) is 4.39 Å². The molecule has 132 valence electrons. The molecular weight excluding hydrogens is 323 g/mol. The Morgan fingerprint density at radius 3 is 2.68 bits per heavy atom. The summed E-state index contributed by atoms with van der Waals surface area (Å²) >= 11 is 0. The fourth-order valence-corrected chi connectivity index (χ4v) is 3.07. The molecule has 5 nitrogen and oxygen atoms in total. The Bertz CT molecular complexity index is 736. The molecule has 25 heavy (non-hydrogen) atoms. The van der Waals surface area contributed by atoms with Crippen molar-refractivity contribution in [2.75, 3.05) is 6.54 Å². The highest BCUT2D eigenvalue weighted by Gasteiger charge is 2.34. The van der Waals surface area contributed by atoms with Crippen LogP contribution in [-0.2, 0) is 17.9 Å². The van der Waals surface area contributed by atoms with Crippen molar-refractivity contribution in [3.05, 3.63) is 65.5 Å². The van der Waals surface area contributed by atoms with Crippen molar-refractivity contribution < 1.29 is 19.0 Å². The summed E-state index contributed by atoms with van der Waals surface area (Å²) in [7, 11) is 0. The number of likely N-dealkylation sites (tertiary alicyclic amines) is 1. The van der Waals surface area contributed by atoms with E-state index in [0.29, 0.717) is 31.9 Å². The number of primary amides is 1. The molecule has 0 radical (unpaired) electrons.